The number of carbonyl (C=O) groups excluding carboxylic acids is 1. The molecule has 1 amide bonds. The maximum atomic E-state index is 11.5. The van der Waals surface area contributed by atoms with Crippen LogP contribution in [-0.4, -0.2) is 22.3 Å². The fourth-order valence-electron chi connectivity index (χ4n) is 1.27. The van der Waals surface area contributed by atoms with Crippen LogP contribution in [0.4, 0.5) is 0 Å². The van der Waals surface area contributed by atoms with E-state index < -0.39 is 11.5 Å². The molecule has 18 heavy (non-hydrogen) atoms. The van der Waals surface area contributed by atoms with Crippen molar-refractivity contribution in [1.82, 2.24) is 5.43 Å². The summed E-state index contributed by atoms with van der Waals surface area (Å²) in [5.74, 6) is -0.546. The Hall–Kier alpha value is -1.39. The maximum Gasteiger partial charge on any atom is 0.271 e. The zero-order chi connectivity index (χ0) is 13.8. The van der Waals surface area contributed by atoms with Gasteiger partial charge in [-0.25, -0.2) is 5.43 Å². The first-order valence-electron chi connectivity index (χ1n) is 5.70. The smallest absolute Gasteiger partial charge is 0.271 e. The number of nitrogens with one attached hydrogen (secondary N) is 1. The summed E-state index contributed by atoms with van der Waals surface area (Å²) in [6, 6.07) is 7.24. The average molecular weight is 269 g/mol. The number of rotatable bonds is 4. The first-order chi connectivity index (χ1) is 8.34. The second kappa shape index (κ2) is 5.98. The minimum absolute atomic E-state index is 0.546. The summed E-state index contributed by atoms with van der Waals surface area (Å²) in [6.45, 7) is 4.74. The lowest BCUT2D eigenvalue weighted by Crippen LogP contribution is -2.40. The molecule has 0 fully saturated rings. The van der Waals surface area contributed by atoms with E-state index in [-0.39, 0.29) is 0 Å². The minimum Gasteiger partial charge on any atom is -0.381 e. The Kier molecular flexibility index (Phi) is 4.87. The van der Waals surface area contributed by atoms with E-state index in [2.05, 4.69) is 10.5 Å². The van der Waals surface area contributed by atoms with E-state index in [0.29, 0.717) is 17.2 Å². The predicted molar refractivity (Wildman–Crippen MR) is 72.7 cm³/mol. The number of nitrogens with zero attached hydrogens (tertiary/aromatic N) is 1. The van der Waals surface area contributed by atoms with E-state index in [9.17, 15) is 9.90 Å². The van der Waals surface area contributed by atoms with Crippen LogP contribution in [0.1, 0.15) is 32.8 Å². The highest BCUT2D eigenvalue weighted by molar-refractivity contribution is 6.31. The SMILES string of the molecule is CC/C(=N/NC(=O)C(C)(C)O)c1cccc(Cl)c1. The molecular formula is C13H17ClN2O2. The molecule has 5 heteroatoms. The molecule has 0 saturated heterocycles. The summed E-state index contributed by atoms with van der Waals surface area (Å²) in [7, 11) is 0. The Labute approximate surface area is 112 Å². The second-order valence-electron chi connectivity index (χ2n) is 4.42. The van der Waals surface area contributed by atoms with Crippen molar-refractivity contribution in [2.75, 3.05) is 0 Å². The van der Waals surface area contributed by atoms with Crippen molar-refractivity contribution in [3.63, 3.8) is 0 Å². The molecule has 0 aliphatic heterocycles. The van der Waals surface area contributed by atoms with Gasteiger partial charge in [0.2, 0.25) is 0 Å². The van der Waals surface area contributed by atoms with Gasteiger partial charge in [-0.2, -0.15) is 5.10 Å². The van der Waals surface area contributed by atoms with Gasteiger partial charge in [0, 0.05) is 5.02 Å². The average Bonchev–Trinajstić information content (AvgIpc) is 2.28. The minimum atomic E-state index is -1.45. The number of amides is 1. The summed E-state index contributed by atoms with van der Waals surface area (Å²) >= 11 is 5.90. The molecule has 0 bridgehead atoms. The Morgan fingerprint density at radius 3 is 2.67 bits per heavy atom. The standard InChI is InChI=1S/C13H17ClN2O2/c1-4-11(9-6-5-7-10(14)8-9)15-16-12(17)13(2,3)18/h5-8,18H,4H2,1-3H3,(H,16,17)/b15-11-. The maximum absolute atomic E-state index is 11.5. The quantitative estimate of drug-likeness (QED) is 0.650. The molecule has 98 valence electrons. The van der Waals surface area contributed by atoms with Gasteiger partial charge < -0.3 is 5.11 Å². The molecule has 0 atom stereocenters. The highest BCUT2D eigenvalue weighted by Gasteiger charge is 2.23. The lowest BCUT2D eigenvalue weighted by atomic mass is 10.1. The van der Waals surface area contributed by atoms with E-state index in [1.165, 1.54) is 13.8 Å². The number of hydrogen-bond donors (Lipinski definition) is 2. The van der Waals surface area contributed by atoms with Gasteiger partial charge in [-0.1, -0.05) is 30.7 Å². The Morgan fingerprint density at radius 1 is 1.50 bits per heavy atom. The molecule has 0 unspecified atom stereocenters. The van der Waals surface area contributed by atoms with Crippen molar-refractivity contribution in [3.8, 4) is 0 Å². The Balaban J connectivity index is 2.88. The number of benzene rings is 1. The summed E-state index contributed by atoms with van der Waals surface area (Å²) in [6.07, 6.45) is 0.645. The highest BCUT2D eigenvalue weighted by atomic mass is 35.5. The number of aliphatic hydroxyl groups is 1. The van der Waals surface area contributed by atoms with Crippen molar-refractivity contribution in [1.29, 1.82) is 0 Å². The fraction of sp³-hybridized carbons (Fsp3) is 0.385. The largest absolute Gasteiger partial charge is 0.381 e. The van der Waals surface area contributed by atoms with E-state index >= 15 is 0 Å². The van der Waals surface area contributed by atoms with E-state index in [1.54, 1.807) is 12.1 Å². The lowest BCUT2D eigenvalue weighted by Gasteiger charge is -2.14. The lowest BCUT2D eigenvalue weighted by molar-refractivity contribution is -0.136. The molecule has 0 spiro atoms. The van der Waals surface area contributed by atoms with Crippen LogP contribution >= 0.6 is 11.6 Å². The van der Waals surface area contributed by atoms with Gasteiger partial charge in [0.25, 0.3) is 5.91 Å². The Bertz CT molecular complexity index is 464. The molecule has 1 rings (SSSR count). The van der Waals surface area contributed by atoms with Crippen LogP contribution in [0.5, 0.6) is 0 Å². The highest BCUT2D eigenvalue weighted by Crippen LogP contribution is 2.12. The number of hydrazone groups is 1. The van der Waals surface area contributed by atoms with Gasteiger partial charge >= 0.3 is 0 Å². The number of hydrogen-bond acceptors (Lipinski definition) is 3. The molecule has 0 aliphatic carbocycles. The summed E-state index contributed by atoms with van der Waals surface area (Å²) < 4.78 is 0. The van der Waals surface area contributed by atoms with E-state index in [1.807, 2.05) is 19.1 Å². The molecule has 0 saturated carbocycles. The van der Waals surface area contributed by atoms with Crippen molar-refractivity contribution in [2.45, 2.75) is 32.8 Å². The van der Waals surface area contributed by atoms with Crippen LogP contribution in [0.3, 0.4) is 0 Å². The van der Waals surface area contributed by atoms with E-state index in [0.717, 1.165) is 5.56 Å². The number of carbonyl (C=O) groups is 1. The fourth-order valence-corrected chi connectivity index (χ4v) is 1.46. The first kappa shape index (κ1) is 14.7. The van der Waals surface area contributed by atoms with Crippen LogP contribution < -0.4 is 5.43 Å². The topological polar surface area (TPSA) is 61.7 Å². The summed E-state index contributed by atoms with van der Waals surface area (Å²) in [5.41, 5.74) is 2.45. The van der Waals surface area contributed by atoms with Crippen LogP contribution in [-0.2, 0) is 4.79 Å². The number of halogens is 1. The van der Waals surface area contributed by atoms with Crippen LogP contribution in [0.2, 0.25) is 5.02 Å². The van der Waals surface area contributed by atoms with Crippen molar-refractivity contribution in [2.24, 2.45) is 5.10 Å². The monoisotopic (exact) mass is 268 g/mol. The molecule has 1 aromatic rings. The van der Waals surface area contributed by atoms with Gasteiger partial charge in [0.15, 0.2) is 0 Å². The van der Waals surface area contributed by atoms with Gasteiger partial charge in [-0.3, -0.25) is 4.79 Å². The zero-order valence-electron chi connectivity index (χ0n) is 10.7. The molecule has 0 radical (unpaired) electrons. The van der Waals surface area contributed by atoms with Crippen LogP contribution in [0, 0.1) is 0 Å². The van der Waals surface area contributed by atoms with Crippen molar-refractivity contribution < 1.29 is 9.90 Å². The third-order valence-electron chi connectivity index (χ3n) is 2.34. The summed E-state index contributed by atoms with van der Waals surface area (Å²) in [5, 5.41) is 14.1. The van der Waals surface area contributed by atoms with Crippen LogP contribution in [0.25, 0.3) is 0 Å². The van der Waals surface area contributed by atoms with Crippen molar-refractivity contribution in [3.05, 3.63) is 34.9 Å². The van der Waals surface area contributed by atoms with Gasteiger partial charge in [0.1, 0.15) is 5.60 Å². The molecule has 4 nitrogen and oxygen atoms in total. The predicted octanol–water partition coefficient (Wildman–Crippen LogP) is 2.34. The zero-order valence-corrected chi connectivity index (χ0v) is 11.5. The van der Waals surface area contributed by atoms with Gasteiger partial charge in [0.05, 0.1) is 5.71 Å². The Morgan fingerprint density at radius 2 is 2.17 bits per heavy atom. The van der Waals surface area contributed by atoms with Crippen molar-refractivity contribution >= 4 is 23.2 Å². The summed E-state index contributed by atoms with van der Waals surface area (Å²) in [4.78, 5) is 11.5. The molecule has 0 aromatic heterocycles. The normalized spacial score (nSPS) is 12.4. The van der Waals surface area contributed by atoms with Gasteiger partial charge in [-0.15, -0.1) is 0 Å². The molecule has 0 heterocycles. The second-order valence-corrected chi connectivity index (χ2v) is 4.86. The van der Waals surface area contributed by atoms with E-state index in [4.69, 9.17) is 11.6 Å². The molecular weight excluding hydrogens is 252 g/mol. The third kappa shape index (κ3) is 4.13. The molecule has 0 aliphatic rings. The van der Waals surface area contributed by atoms with Crippen LogP contribution in [0.15, 0.2) is 29.4 Å². The first-order valence-corrected chi connectivity index (χ1v) is 6.07. The third-order valence-corrected chi connectivity index (χ3v) is 2.58. The molecule has 2 N–H and O–H groups in total. The molecule has 1 aromatic carbocycles. The van der Waals surface area contributed by atoms with Gasteiger partial charge in [-0.05, 0) is 38.0 Å².